The molecule has 0 amide bonds. The molecule has 1 saturated carbocycles. The van der Waals surface area contributed by atoms with Crippen molar-refractivity contribution in [1.29, 1.82) is 0 Å². The number of hydrogen-bond acceptors (Lipinski definition) is 6. The van der Waals surface area contributed by atoms with Gasteiger partial charge < -0.3 is 5.32 Å². The Bertz CT molecular complexity index is 1250. The van der Waals surface area contributed by atoms with Gasteiger partial charge in [0, 0.05) is 53.0 Å². The van der Waals surface area contributed by atoms with E-state index < -0.39 is 18.1 Å². The van der Waals surface area contributed by atoms with Gasteiger partial charge in [-0.05, 0) is 30.7 Å². The van der Waals surface area contributed by atoms with Gasteiger partial charge in [-0.1, -0.05) is 23.2 Å². The Balaban J connectivity index is 1.24. The molecule has 180 valence electrons. The molecule has 3 fully saturated rings. The molecule has 6 rings (SSSR count). The maximum Gasteiger partial charge on any atom is 0.272 e. The fourth-order valence-electron chi connectivity index (χ4n) is 4.69. The fourth-order valence-corrected chi connectivity index (χ4v) is 6.13. The van der Waals surface area contributed by atoms with Crippen molar-refractivity contribution in [2.75, 3.05) is 29.9 Å². The summed E-state index contributed by atoms with van der Waals surface area (Å²) in [6.45, 7) is 1.27. The lowest BCUT2D eigenvalue weighted by Gasteiger charge is -2.43. The highest BCUT2D eigenvalue weighted by Gasteiger charge is 2.59. The number of anilines is 2. The first-order chi connectivity index (χ1) is 16.3. The van der Waals surface area contributed by atoms with E-state index in [2.05, 4.69) is 25.3 Å². The van der Waals surface area contributed by atoms with E-state index in [0.29, 0.717) is 35.2 Å². The number of likely N-dealkylation sites (tertiary alicyclic amines) is 1. The van der Waals surface area contributed by atoms with E-state index in [9.17, 15) is 8.78 Å². The number of nitrogens with one attached hydrogen (secondary N) is 1. The molecule has 1 aromatic carbocycles. The molecular weight excluding hydrogens is 508 g/mol. The molecule has 12 heteroatoms. The summed E-state index contributed by atoms with van der Waals surface area (Å²) in [5.74, 6) is -0.692. The molecule has 34 heavy (non-hydrogen) atoms. The highest BCUT2D eigenvalue weighted by atomic mass is 35.5. The van der Waals surface area contributed by atoms with Gasteiger partial charge in [0.15, 0.2) is 5.15 Å². The zero-order chi connectivity index (χ0) is 23.6. The largest absolute Gasteiger partial charge is 0.320 e. The molecular formula is C22H21Cl2F3N6S. The van der Waals surface area contributed by atoms with E-state index in [1.807, 2.05) is 17.8 Å². The Morgan fingerprint density at radius 2 is 1.97 bits per heavy atom. The second-order valence-electron chi connectivity index (χ2n) is 9.12. The number of fused-ring (bicyclic) bond motifs is 1. The molecule has 3 atom stereocenters. The number of aromatic nitrogens is 4. The standard InChI is InChI=1S/C22H21Cl2F3N6S/c23-15-3-11-6-28-21(31-18-7-29-33(20(18)24)19-5-22(19,26)27)30-17(11)4-14(15)13-1-2-32(8-16(13)25)12-9-34-10-12/h3-4,6-7,12-13,16,19H,1-2,5,8-10H2,(H,28,30,31). The Kier molecular flexibility index (Phi) is 5.63. The minimum Gasteiger partial charge on any atom is -0.320 e. The minimum absolute atomic E-state index is 0.0690. The van der Waals surface area contributed by atoms with Crippen LogP contribution < -0.4 is 5.32 Å². The summed E-state index contributed by atoms with van der Waals surface area (Å²) >= 11 is 14.7. The summed E-state index contributed by atoms with van der Waals surface area (Å²) in [5.41, 5.74) is 1.69. The van der Waals surface area contributed by atoms with Crippen molar-refractivity contribution in [3.63, 3.8) is 0 Å². The summed E-state index contributed by atoms with van der Waals surface area (Å²) in [4.78, 5) is 11.1. The Morgan fingerprint density at radius 3 is 2.65 bits per heavy atom. The zero-order valence-corrected chi connectivity index (χ0v) is 20.2. The molecule has 4 heterocycles. The van der Waals surface area contributed by atoms with E-state index in [-0.39, 0.29) is 23.4 Å². The molecule has 2 aliphatic heterocycles. The van der Waals surface area contributed by atoms with Crippen LogP contribution in [-0.4, -0.2) is 67.4 Å². The molecule has 0 spiro atoms. The maximum atomic E-state index is 15.2. The van der Waals surface area contributed by atoms with Crippen LogP contribution in [0.3, 0.4) is 0 Å². The van der Waals surface area contributed by atoms with Crippen molar-refractivity contribution in [2.24, 2.45) is 0 Å². The highest BCUT2D eigenvalue weighted by molar-refractivity contribution is 8.00. The lowest BCUT2D eigenvalue weighted by atomic mass is 9.87. The molecule has 3 unspecified atom stereocenters. The first kappa shape index (κ1) is 22.7. The molecule has 1 aliphatic carbocycles. The number of thioether (sulfide) groups is 1. The van der Waals surface area contributed by atoms with E-state index >= 15 is 4.39 Å². The second kappa shape index (κ2) is 8.43. The number of nitrogens with zero attached hydrogens (tertiary/aromatic N) is 5. The first-order valence-electron chi connectivity index (χ1n) is 11.1. The van der Waals surface area contributed by atoms with Gasteiger partial charge in [0.25, 0.3) is 5.92 Å². The third kappa shape index (κ3) is 4.02. The van der Waals surface area contributed by atoms with Gasteiger partial charge in [-0.2, -0.15) is 16.9 Å². The Morgan fingerprint density at radius 1 is 1.18 bits per heavy atom. The van der Waals surface area contributed by atoms with Gasteiger partial charge >= 0.3 is 0 Å². The normalized spacial score (nSPS) is 27.0. The molecule has 2 aromatic heterocycles. The van der Waals surface area contributed by atoms with Crippen LogP contribution in [0.1, 0.15) is 30.4 Å². The number of hydrogen-bond donors (Lipinski definition) is 1. The van der Waals surface area contributed by atoms with E-state index in [1.54, 1.807) is 12.3 Å². The molecule has 6 nitrogen and oxygen atoms in total. The minimum atomic E-state index is -2.79. The van der Waals surface area contributed by atoms with E-state index in [0.717, 1.165) is 33.7 Å². The predicted molar refractivity (Wildman–Crippen MR) is 129 cm³/mol. The first-order valence-corrected chi connectivity index (χ1v) is 13.0. The van der Waals surface area contributed by atoms with Crippen molar-refractivity contribution in [2.45, 2.75) is 42.9 Å². The van der Waals surface area contributed by atoms with Crippen molar-refractivity contribution in [1.82, 2.24) is 24.6 Å². The predicted octanol–water partition coefficient (Wildman–Crippen LogP) is 5.70. The molecule has 0 radical (unpaired) electrons. The number of alkyl halides is 3. The highest BCUT2D eigenvalue weighted by Crippen LogP contribution is 2.53. The Labute approximate surface area is 208 Å². The van der Waals surface area contributed by atoms with Crippen LogP contribution in [0.15, 0.2) is 24.5 Å². The summed E-state index contributed by atoms with van der Waals surface area (Å²) in [6, 6.07) is 3.05. The number of piperidine rings is 1. The maximum absolute atomic E-state index is 15.2. The molecule has 1 N–H and O–H groups in total. The number of halogens is 5. The van der Waals surface area contributed by atoms with Crippen molar-refractivity contribution in [3.05, 3.63) is 40.3 Å². The summed E-state index contributed by atoms with van der Waals surface area (Å²) in [7, 11) is 0. The Hall–Kier alpha value is -1.75. The molecule has 3 aliphatic rings. The molecule has 0 bridgehead atoms. The second-order valence-corrected chi connectivity index (χ2v) is 11.0. The molecule has 2 saturated heterocycles. The van der Waals surface area contributed by atoms with Gasteiger partial charge in [0.2, 0.25) is 5.95 Å². The van der Waals surface area contributed by atoms with Gasteiger partial charge in [-0.3, -0.25) is 4.90 Å². The van der Waals surface area contributed by atoms with Crippen LogP contribution in [0.5, 0.6) is 0 Å². The van der Waals surface area contributed by atoms with Crippen LogP contribution in [-0.2, 0) is 0 Å². The van der Waals surface area contributed by atoms with Crippen LogP contribution in [0.25, 0.3) is 10.9 Å². The van der Waals surface area contributed by atoms with E-state index in [4.69, 9.17) is 23.2 Å². The third-order valence-electron chi connectivity index (χ3n) is 6.88. The zero-order valence-electron chi connectivity index (χ0n) is 17.9. The smallest absolute Gasteiger partial charge is 0.272 e. The van der Waals surface area contributed by atoms with Crippen LogP contribution in [0, 0.1) is 0 Å². The van der Waals surface area contributed by atoms with Gasteiger partial charge in [-0.25, -0.2) is 27.8 Å². The van der Waals surface area contributed by atoms with Gasteiger partial charge in [0.1, 0.15) is 12.2 Å². The van der Waals surface area contributed by atoms with Gasteiger partial charge in [-0.15, -0.1) is 0 Å². The fraction of sp³-hybridized carbons (Fsp3) is 0.500. The lowest BCUT2D eigenvalue weighted by molar-refractivity contribution is 0.0936. The third-order valence-corrected chi connectivity index (χ3v) is 8.82. The monoisotopic (exact) mass is 528 g/mol. The van der Waals surface area contributed by atoms with Gasteiger partial charge in [0.05, 0.1) is 17.4 Å². The quantitative estimate of drug-likeness (QED) is 0.458. The summed E-state index contributed by atoms with van der Waals surface area (Å²) in [6.07, 6.45) is 2.40. The topological polar surface area (TPSA) is 58.9 Å². The summed E-state index contributed by atoms with van der Waals surface area (Å²) in [5, 5.41) is 8.22. The van der Waals surface area contributed by atoms with Crippen LogP contribution >= 0.6 is 35.0 Å². The van der Waals surface area contributed by atoms with E-state index in [1.165, 1.54) is 6.20 Å². The van der Waals surface area contributed by atoms with Crippen molar-refractivity contribution >= 4 is 57.5 Å². The average Bonchev–Trinajstić information content (AvgIpc) is 3.24. The van der Waals surface area contributed by atoms with Crippen molar-refractivity contribution < 1.29 is 13.2 Å². The number of benzene rings is 1. The molecule has 3 aromatic rings. The van der Waals surface area contributed by atoms with Crippen molar-refractivity contribution in [3.8, 4) is 0 Å². The summed E-state index contributed by atoms with van der Waals surface area (Å²) < 4.78 is 43.1. The lowest BCUT2D eigenvalue weighted by Crippen LogP contribution is -2.51. The van der Waals surface area contributed by atoms with Crippen LogP contribution in [0.2, 0.25) is 10.2 Å². The average molecular weight is 529 g/mol. The number of rotatable bonds is 5. The SMILES string of the molecule is FC1CN(C2CSC2)CCC1c1cc2nc(Nc3cnn(C4CC4(F)F)c3Cl)ncc2cc1Cl. The van der Waals surface area contributed by atoms with Crippen LogP contribution in [0.4, 0.5) is 24.8 Å².